The molecule has 0 unspecified atom stereocenters. The van der Waals surface area contributed by atoms with Crippen LogP contribution in [-0.2, 0) is 9.59 Å². The maximum Gasteiger partial charge on any atom is 0.265 e. The highest BCUT2D eigenvalue weighted by Gasteiger charge is 2.22. The van der Waals surface area contributed by atoms with Crippen molar-refractivity contribution in [3.63, 3.8) is 0 Å². The van der Waals surface area contributed by atoms with Gasteiger partial charge in [0.2, 0.25) is 5.91 Å². The van der Waals surface area contributed by atoms with Gasteiger partial charge in [-0.25, -0.2) is 0 Å². The number of carbonyl (C=O) groups excluding carboxylic acids is 2. The third-order valence-electron chi connectivity index (χ3n) is 4.79. The lowest BCUT2D eigenvalue weighted by Gasteiger charge is -2.36. The second-order valence-corrected chi connectivity index (χ2v) is 7.68. The first-order valence-electron chi connectivity index (χ1n) is 9.37. The van der Waals surface area contributed by atoms with Gasteiger partial charge in [0.05, 0.1) is 16.4 Å². The van der Waals surface area contributed by atoms with Crippen LogP contribution in [0.5, 0.6) is 5.75 Å². The lowest BCUT2D eigenvalue weighted by molar-refractivity contribution is -0.129. The lowest BCUT2D eigenvalue weighted by Crippen LogP contribution is -2.48. The molecule has 0 spiro atoms. The van der Waals surface area contributed by atoms with E-state index in [1.807, 2.05) is 29.2 Å². The van der Waals surface area contributed by atoms with E-state index in [2.05, 4.69) is 10.2 Å². The smallest absolute Gasteiger partial charge is 0.265 e. The van der Waals surface area contributed by atoms with Crippen LogP contribution < -0.4 is 15.0 Å². The monoisotopic (exact) mass is 435 g/mol. The predicted octanol–water partition coefficient (Wildman–Crippen LogP) is 4.07. The Labute approximate surface area is 180 Å². The predicted molar refractivity (Wildman–Crippen MR) is 116 cm³/mol. The van der Waals surface area contributed by atoms with Crippen LogP contribution in [0.4, 0.5) is 11.4 Å². The number of piperazine rings is 1. The van der Waals surface area contributed by atoms with Gasteiger partial charge in [-0.15, -0.1) is 0 Å². The summed E-state index contributed by atoms with van der Waals surface area (Å²) < 4.78 is 5.70. The van der Waals surface area contributed by atoms with Gasteiger partial charge in [0.1, 0.15) is 5.75 Å². The molecule has 154 valence electrons. The first-order chi connectivity index (χ1) is 13.8. The second-order valence-electron chi connectivity index (χ2n) is 6.83. The fourth-order valence-corrected chi connectivity index (χ4v) is 3.62. The molecule has 1 saturated heterocycles. The Bertz CT molecular complexity index is 898. The van der Waals surface area contributed by atoms with Crippen molar-refractivity contribution in [2.24, 2.45) is 0 Å². The highest BCUT2D eigenvalue weighted by Crippen LogP contribution is 2.30. The van der Waals surface area contributed by atoms with Crippen molar-refractivity contribution < 1.29 is 14.3 Å². The van der Waals surface area contributed by atoms with E-state index >= 15 is 0 Å². The number of rotatable bonds is 5. The molecule has 1 atom stereocenters. The van der Waals surface area contributed by atoms with Gasteiger partial charge >= 0.3 is 0 Å². The fourth-order valence-electron chi connectivity index (χ4n) is 3.17. The third-order valence-corrected chi connectivity index (χ3v) is 5.32. The molecule has 0 radical (unpaired) electrons. The lowest BCUT2D eigenvalue weighted by atomic mass is 10.2. The largest absolute Gasteiger partial charge is 0.479 e. The Morgan fingerprint density at radius 3 is 2.41 bits per heavy atom. The van der Waals surface area contributed by atoms with Crippen molar-refractivity contribution >= 4 is 46.4 Å². The molecule has 29 heavy (non-hydrogen) atoms. The Kier molecular flexibility index (Phi) is 6.87. The molecule has 3 rings (SSSR count). The van der Waals surface area contributed by atoms with Gasteiger partial charge < -0.3 is 19.9 Å². The van der Waals surface area contributed by atoms with Gasteiger partial charge in [0, 0.05) is 38.1 Å². The number of amides is 2. The minimum Gasteiger partial charge on any atom is -0.479 e. The molecule has 1 N–H and O–H groups in total. The molecular formula is C21H23Cl2N3O3. The molecule has 2 amide bonds. The van der Waals surface area contributed by atoms with Crippen LogP contribution in [0.15, 0.2) is 42.5 Å². The number of carbonyl (C=O) groups is 2. The summed E-state index contributed by atoms with van der Waals surface area (Å²) in [5.41, 5.74) is 1.62. The third kappa shape index (κ3) is 5.34. The number of nitrogens with one attached hydrogen (secondary N) is 1. The highest BCUT2D eigenvalue weighted by molar-refractivity contribution is 6.35. The van der Waals surface area contributed by atoms with Crippen molar-refractivity contribution in [1.29, 1.82) is 0 Å². The summed E-state index contributed by atoms with van der Waals surface area (Å²) in [6.45, 7) is 5.98. The quantitative estimate of drug-likeness (QED) is 0.768. The molecule has 8 heteroatoms. The zero-order valence-corrected chi connectivity index (χ0v) is 17.8. The van der Waals surface area contributed by atoms with Crippen LogP contribution >= 0.6 is 23.2 Å². The fraction of sp³-hybridized carbons (Fsp3) is 0.333. The molecule has 1 aliphatic heterocycles. The molecule has 2 aromatic carbocycles. The first kappa shape index (κ1) is 21.3. The van der Waals surface area contributed by atoms with E-state index in [0.29, 0.717) is 47.7 Å². The van der Waals surface area contributed by atoms with Crippen LogP contribution in [0.25, 0.3) is 0 Å². The van der Waals surface area contributed by atoms with Gasteiger partial charge in [0.15, 0.2) is 6.10 Å². The minimum atomic E-state index is -0.753. The summed E-state index contributed by atoms with van der Waals surface area (Å²) in [4.78, 5) is 28.2. The molecule has 0 saturated carbocycles. The van der Waals surface area contributed by atoms with E-state index in [9.17, 15) is 9.59 Å². The van der Waals surface area contributed by atoms with E-state index < -0.39 is 6.10 Å². The SMILES string of the molecule is CC(=O)N1CCN(c2ccccc2NC(=O)[C@@H](C)Oc2ccc(Cl)cc2Cl)CC1. The van der Waals surface area contributed by atoms with E-state index in [4.69, 9.17) is 27.9 Å². The van der Waals surface area contributed by atoms with Crippen molar-refractivity contribution in [1.82, 2.24) is 4.90 Å². The molecule has 0 aliphatic carbocycles. The number of benzene rings is 2. The first-order valence-corrected chi connectivity index (χ1v) is 10.1. The zero-order valence-electron chi connectivity index (χ0n) is 16.3. The maximum atomic E-state index is 12.7. The normalized spacial score (nSPS) is 15.0. The summed E-state index contributed by atoms with van der Waals surface area (Å²) in [6, 6.07) is 12.5. The molecule has 6 nitrogen and oxygen atoms in total. The number of halogens is 2. The van der Waals surface area contributed by atoms with Gasteiger partial charge in [-0.3, -0.25) is 9.59 Å². The summed E-state index contributed by atoms with van der Waals surface area (Å²) >= 11 is 12.0. The van der Waals surface area contributed by atoms with Crippen LogP contribution in [0.3, 0.4) is 0 Å². The minimum absolute atomic E-state index is 0.0815. The van der Waals surface area contributed by atoms with Crippen LogP contribution in [0.1, 0.15) is 13.8 Å². The highest BCUT2D eigenvalue weighted by atomic mass is 35.5. The maximum absolute atomic E-state index is 12.7. The van der Waals surface area contributed by atoms with E-state index in [1.54, 1.807) is 32.0 Å². The molecule has 0 aromatic heterocycles. The number of hydrogen-bond acceptors (Lipinski definition) is 4. The van der Waals surface area contributed by atoms with Gasteiger partial charge in [-0.05, 0) is 37.3 Å². The molecule has 1 heterocycles. The van der Waals surface area contributed by atoms with Gasteiger partial charge in [0.25, 0.3) is 5.91 Å². The average molecular weight is 436 g/mol. The summed E-state index contributed by atoms with van der Waals surface area (Å²) in [5, 5.41) is 3.78. The number of nitrogens with zero attached hydrogens (tertiary/aromatic N) is 2. The van der Waals surface area contributed by atoms with Crippen molar-refractivity contribution in [2.75, 3.05) is 36.4 Å². The number of ether oxygens (including phenoxy) is 1. The van der Waals surface area contributed by atoms with Crippen LogP contribution in [0, 0.1) is 0 Å². The van der Waals surface area contributed by atoms with Crippen molar-refractivity contribution in [3.8, 4) is 5.75 Å². The number of para-hydroxylation sites is 2. The summed E-state index contributed by atoms with van der Waals surface area (Å²) in [5.74, 6) is 0.191. The van der Waals surface area contributed by atoms with E-state index in [1.165, 1.54) is 0 Å². The molecule has 1 fully saturated rings. The molecule has 1 aliphatic rings. The van der Waals surface area contributed by atoms with Crippen LogP contribution in [-0.4, -0.2) is 49.0 Å². The van der Waals surface area contributed by atoms with E-state index in [0.717, 1.165) is 5.69 Å². The van der Waals surface area contributed by atoms with Crippen LogP contribution in [0.2, 0.25) is 10.0 Å². The average Bonchev–Trinajstić information content (AvgIpc) is 2.70. The topological polar surface area (TPSA) is 61.9 Å². The van der Waals surface area contributed by atoms with Crippen molar-refractivity contribution in [3.05, 3.63) is 52.5 Å². The Morgan fingerprint density at radius 1 is 1.07 bits per heavy atom. The summed E-state index contributed by atoms with van der Waals surface area (Å²) in [7, 11) is 0. The second kappa shape index (κ2) is 9.37. The summed E-state index contributed by atoms with van der Waals surface area (Å²) in [6.07, 6.45) is -0.753. The Balaban J connectivity index is 1.67. The zero-order chi connectivity index (χ0) is 21.0. The Morgan fingerprint density at radius 2 is 1.76 bits per heavy atom. The molecule has 0 bridgehead atoms. The van der Waals surface area contributed by atoms with E-state index in [-0.39, 0.29) is 11.8 Å². The standard InChI is InChI=1S/C21H23Cl2N3O3/c1-14(29-20-8-7-16(22)13-17(20)23)21(28)24-18-5-3-4-6-19(18)26-11-9-25(10-12-26)15(2)27/h3-8,13-14H,9-12H2,1-2H3,(H,24,28)/t14-/m1/s1. The van der Waals surface area contributed by atoms with Gasteiger partial charge in [-0.1, -0.05) is 35.3 Å². The van der Waals surface area contributed by atoms with Crippen molar-refractivity contribution in [2.45, 2.75) is 20.0 Å². The Hall–Kier alpha value is -2.44. The molecule has 2 aromatic rings. The number of anilines is 2. The molecular weight excluding hydrogens is 413 g/mol. The van der Waals surface area contributed by atoms with Gasteiger partial charge in [-0.2, -0.15) is 0 Å². The number of hydrogen-bond donors (Lipinski definition) is 1.